The van der Waals surface area contributed by atoms with Crippen molar-refractivity contribution in [1.82, 2.24) is 20.4 Å². The van der Waals surface area contributed by atoms with Gasteiger partial charge in [-0.15, -0.1) is 0 Å². The maximum Gasteiger partial charge on any atom is 0.407 e. The second-order valence-corrected chi connectivity index (χ2v) is 9.55. The molecule has 8 nitrogen and oxygen atoms in total. The van der Waals surface area contributed by atoms with Gasteiger partial charge in [-0.25, -0.2) is 4.79 Å². The van der Waals surface area contributed by atoms with Crippen LogP contribution < -0.4 is 10.6 Å². The second-order valence-electron chi connectivity index (χ2n) is 9.55. The summed E-state index contributed by atoms with van der Waals surface area (Å²) in [7, 11) is 1.64. The van der Waals surface area contributed by atoms with Crippen molar-refractivity contribution in [1.29, 1.82) is 0 Å². The van der Waals surface area contributed by atoms with Gasteiger partial charge in [0.15, 0.2) is 0 Å². The van der Waals surface area contributed by atoms with Crippen LogP contribution in [-0.2, 0) is 14.3 Å². The molecule has 2 N–H and O–H groups in total. The third kappa shape index (κ3) is 9.92. The highest BCUT2D eigenvalue weighted by molar-refractivity contribution is 5.85. The monoisotopic (exact) mass is 398 g/mol. The standard InChI is InChI=1S/C20H38N4O4/c1-19(2,3)22-16(25)13-23(7)17(26)14-24-11-9-8-10-15(24)12-21-18(27)28-20(4,5)6/h15H,8-14H2,1-7H3,(H,21,27)(H,22,25). The van der Waals surface area contributed by atoms with E-state index in [9.17, 15) is 14.4 Å². The highest BCUT2D eigenvalue weighted by atomic mass is 16.6. The van der Waals surface area contributed by atoms with Crippen LogP contribution in [0.3, 0.4) is 0 Å². The molecule has 0 aromatic carbocycles. The number of alkyl carbamates (subject to hydrolysis) is 1. The van der Waals surface area contributed by atoms with Crippen LogP contribution in [0.15, 0.2) is 0 Å². The molecule has 1 unspecified atom stereocenters. The number of nitrogens with one attached hydrogen (secondary N) is 2. The predicted octanol–water partition coefficient (Wildman–Crippen LogP) is 1.74. The summed E-state index contributed by atoms with van der Waals surface area (Å²) in [5.74, 6) is -0.279. The molecule has 1 fully saturated rings. The van der Waals surface area contributed by atoms with Crippen LogP contribution in [0.25, 0.3) is 0 Å². The van der Waals surface area contributed by atoms with Gasteiger partial charge in [0.05, 0.1) is 13.1 Å². The maximum atomic E-state index is 12.6. The van der Waals surface area contributed by atoms with Gasteiger partial charge in [0, 0.05) is 25.2 Å². The Kier molecular flexibility index (Phi) is 8.73. The highest BCUT2D eigenvalue weighted by Gasteiger charge is 2.27. The molecule has 1 aliphatic rings. The minimum absolute atomic E-state index is 0.0325. The number of rotatable bonds is 6. The fraction of sp³-hybridized carbons (Fsp3) is 0.850. The van der Waals surface area contributed by atoms with E-state index in [0.717, 1.165) is 25.8 Å². The SMILES string of the molecule is CN(CC(=O)NC(C)(C)C)C(=O)CN1CCCCC1CNC(=O)OC(C)(C)C. The molecule has 0 saturated carbocycles. The molecule has 162 valence electrons. The molecule has 0 bridgehead atoms. The Morgan fingerprint density at radius 3 is 2.32 bits per heavy atom. The maximum absolute atomic E-state index is 12.6. The molecule has 0 spiro atoms. The lowest BCUT2D eigenvalue weighted by Gasteiger charge is -2.36. The van der Waals surface area contributed by atoms with Crippen molar-refractivity contribution in [3.63, 3.8) is 0 Å². The van der Waals surface area contributed by atoms with Crippen LogP contribution in [0.5, 0.6) is 0 Å². The van der Waals surface area contributed by atoms with Crippen molar-refractivity contribution in [2.24, 2.45) is 0 Å². The number of hydrogen-bond donors (Lipinski definition) is 2. The number of likely N-dealkylation sites (N-methyl/N-ethyl adjacent to an activating group) is 1. The van der Waals surface area contributed by atoms with Gasteiger partial charge in [0.25, 0.3) is 0 Å². The number of nitrogens with zero attached hydrogens (tertiary/aromatic N) is 2. The average molecular weight is 399 g/mol. The summed E-state index contributed by atoms with van der Waals surface area (Å²) in [4.78, 5) is 40.1. The molecule has 1 atom stereocenters. The zero-order valence-corrected chi connectivity index (χ0v) is 18.6. The van der Waals surface area contributed by atoms with Gasteiger partial charge in [-0.05, 0) is 60.9 Å². The van der Waals surface area contributed by atoms with E-state index in [1.54, 1.807) is 7.05 Å². The first-order chi connectivity index (χ1) is 12.8. The lowest BCUT2D eigenvalue weighted by Crippen LogP contribution is -2.52. The Bertz CT molecular complexity index is 551. The minimum atomic E-state index is -0.539. The fourth-order valence-electron chi connectivity index (χ4n) is 3.07. The van der Waals surface area contributed by atoms with Crippen molar-refractivity contribution in [2.75, 3.05) is 33.2 Å². The molecule has 0 aromatic heterocycles. The van der Waals surface area contributed by atoms with Crippen LogP contribution >= 0.6 is 0 Å². The van der Waals surface area contributed by atoms with Gasteiger partial charge < -0.3 is 20.3 Å². The number of carbonyl (C=O) groups is 3. The van der Waals surface area contributed by atoms with Crippen molar-refractivity contribution in [3.8, 4) is 0 Å². The molecule has 0 radical (unpaired) electrons. The molecule has 1 aliphatic heterocycles. The zero-order valence-electron chi connectivity index (χ0n) is 18.6. The van der Waals surface area contributed by atoms with Gasteiger partial charge >= 0.3 is 6.09 Å². The molecule has 0 aromatic rings. The molecule has 1 saturated heterocycles. The van der Waals surface area contributed by atoms with Gasteiger partial charge in [-0.1, -0.05) is 6.42 Å². The smallest absolute Gasteiger partial charge is 0.407 e. The van der Waals surface area contributed by atoms with Crippen LogP contribution in [0.2, 0.25) is 0 Å². The molecule has 8 heteroatoms. The Labute approximate surface area is 169 Å². The Morgan fingerprint density at radius 2 is 1.75 bits per heavy atom. The van der Waals surface area contributed by atoms with Gasteiger partial charge in [-0.2, -0.15) is 0 Å². The van der Waals surface area contributed by atoms with Crippen LogP contribution in [0.4, 0.5) is 4.79 Å². The van der Waals surface area contributed by atoms with Gasteiger partial charge in [-0.3, -0.25) is 14.5 Å². The lowest BCUT2D eigenvalue weighted by molar-refractivity contribution is -0.136. The first kappa shape index (κ1) is 24.2. The normalized spacial score (nSPS) is 18.3. The zero-order chi connectivity index (χ0) is 21.5. The number of ether oxygens (including phenoxy) is 1. The summed E-state index contributed by atoms with van der Waals surface area (Å²) in [6.07, 6.45) is 2.55. The first-order valence-corrected chi connectivity index (χ1v) is 10.0. The van der Waals surface area contributed by atoms with Crippen LogP contribution in [-0.4, -0.2) is 78.1 Å². The van der Waals surface area contributed by atoms with Gasteiger partial charge in [0.2, 0.25) is 11.8 Å². The largest absolute Gasteiger partial charge is 0.444 e. The van der Waals surface area contributed by atoms with E-state index in [2.05, 4.69) is 15.5 Å². The van der Waals surface area contributed by atoms with Crippen LogP contribution in [0.1, 0.15) is 60.8 Å². The van der Waals surface area contributed by atoms with Crippen molar-refractivity contribution in [3.05, 3.63) is 0 Å². The Balaban J connectivity index is 2.53. The summed E-state index contributed by atoms with van der Waals surface area (Å²) in [6.45, 7) is 12.7. The van der Waals surface area contributed by atoms with E-state index >= 15 is 0 Å². The van der Waals surface area contributed by atoms with Crippen molar-refractivity contribution >= 4 is 17.9 Å². The molecule has 1 rings (SSSR count). The Morgan fingerprint density at radius 1 is 1.11 bits per heavy atom. The number of carbonyl (C=O) groups excluding carboxylic acids is 3. The van der Waals surface area contributed by atoms with E-state index in [1.807, 2.05) is 41.5 Å². The summed E-state index contributed by atoms with van der Waals surface area (Å²) in [5, 5.41) is 5.67. The summed E-state index contributed by atoms with van der Waals surface area (Å²) in [6, 6.07) is 0.0852. The van der Waals surface area contributed by atoms with Crippen LogP contribution in [0, 0.1) is 0 Å². The third-order valence-electron chi connectivity index (χ3n) is 4.29. The number of likely N-dealkylation sites (tertiary alicyclic amines) is 1. The number of piperidine rings is 1. The van der Waals surface area contributed by atoms with E-state index < -0.39 is 11.7 Å². The van der Waals surface area contributed by atoms with E-state index in [4.69, 9.17) is 4.74 Å². The summed E-state index contributed by atoms with van der Waals surface area (Å²) >= 11 is 0. The molecule has 28 heavy (non-hydrogen) atoms. The molecule has 3 amide bonds. The molecular formula is C20H38N4O4. The average Bonchev–Trinajstić information content (AvgIpc) is 2.50. The van der Waals surface area contributed by atoms with E-state index in [1.165, 1.54) is 4.90 Å². The third-order valence-corrected chi connectivity index (χ3v) is 4.29. The summed E-state index contributed by atoms with van der Waals surface area (Å²) < 4.78 is 5.28. The minimum Gasteiger partial charge on any atom is -0.444 e. The highest BCUT2D eigenvalue weighted by Crippen LogP contribution is 2.17. The molecule has 0 aliphatic carbocycles. The molecular weight excluding hydrogens is 360 g/mol. The quantitative estimate of drug-likeness (QED) is 0.711. The predicted molar refractivity (Wildman–Crippen MR) is 109 cm³/mol. The number of amides is 3. The second kappa shape index (κ2) is 10.1. The number of hydrogen-bond acceptors (Lipinski definition) is 5. The van der Waals surface area contributed by atoms with Crippen molar-refractivity contribution in [2.45, 2.75) is 78.0 Å². The summed E-state index contributed by atoms with van der Waals surface area (Å²) in [5.41, 5.74) is -0.866. The van der Waals surface area contributed by atoms with Crippen molar-refractivity contribution < 1.29 is 19.1 Å². The van der Waals surface area contributed by atoms with E-state index in [-0.39, 0.29) is 36.5 Å². The fourth-order valence-corrected chi connectivity index (χ4v) is 3.07. The molecule has 1 heterocycles. The first-order valence-electron chi connectivity index (χ1n) is 10.0. The topological polar surface area (TPSA) is 91.0 Å². The Hall–Kier alpha value is -1.83. The van der Waals surface area contributed by atoms with E-state index in [0.29, 0.717) is 6.54 Å². The lowest BCUT2D eigenvalue weighted by atomic mass is 10.0. The van der Waals surface area contributed by atoms with Gasteiger partial charge in [0.1, 0.15) is 5.60 Å².